The maximum atomic E-state index is 14.1. The molecule has 1 heterocycles. The lowest BCUT2D eigenvalue weighted by Gasteiger charge is -2.19. The van der Waals surface area contributed by atoms with Crippen molar-refractivity contribution in [1.29, 1.82) is 0 Å². The third-order valence-electron chi connectivity index (χ3n) is 3.15. The van der Waals surface area contributed by atoms with E-state index in [1.165, 1.54) is 9.58 Å². The summed E-state index contributed by atoms with van der Waals surface area (Å²) in [6.07, 6.45) is 0. The first-order valence-electron chi connectivity index (χ1n) is 6.33. The summed E-state index contributed by atoms with van der Waals surface area (Å²) in [5.74, 6) is -0.0896. The summed E-state index contributed by atoms with van der Waals surface area (Å²) in [4.78, 5) is 1.31. The van der Waals surface area contributed by atoms with E-state index in [0.29, 0.717) is 0 Å². The third-order valence-corrected chi connectivity index (χ3v) is 4.68. The molecule has 0 amide bonds. The van der Waals surface area contributed by atoms with Crippen molar-refractivity contribution < 1.29 is 4.39 Å². The van der Waals surface area contributed by atoms with Crippen molar-refractivity contribution >= 4 is 21.4 Å². The van der Waals surface area contributed by atoms with Crippen LogP contribution in [0.4, 0.5) is 4.39 Å². The monoisotopic (exact) mass is 264 g/mol. The Kier molecular flexibility index (Phi) is 3.05. The molecule has 0 atom stereocenters. The fourth-order valence-electron chi connectivity index (χ4n) is 2.00. The normalized spacial score (nSPS) is 13.3. The van der Waals surface area contributed by atoms with Crippen LogP contribution in [-0.2, 0) is 10.8 Å². The number of halogens is 1. The maximum Gasteiger partial charge on any atom is 0.127 e. The van der Waals surface area contributed by atoms with Crippen LogP contribution in [0.15, 0.2) is 18.2 Å². The quantitative estimate of drug-likeness (QED) is 0.578. The first kappa shape index (κ1) is 13.5. The van der Waals surface area contributed by atoms with Crippen LogP contribution in [0.25, 0.3) is 10.1 Å². The van der Waals surface area contributed by atoms with Crippen molar-refractivity contribution in [2.75, 3.05) is 0 Å². The summed E-state index contributed by atoms with van der Waals surface area (Å²) in [6, 6.07) is 5.82. The molecular formula is C16H21FS. The molecule has 0 N–H and O–H groups in total. The van der Waals surface area contributed by atoms with Crippen molar-refractivity contribution in [3.8, 4) is 0 Å². The van der Waals surface area contributed by atoms with Gasteiger partial charge in [0.1, 0.15) is 5.82 Å². The minimum atomic E-state index is -0.149. The van der Waals surface area contributed by atoms with Gasteiger partial charge in [-0.1, -0.05) is 41.5 Å². The Morgan fingerprint density at radius 2 is 1.50 bits per heavy atom. The summed E-state index contributed by atoms with van der Waals surface area (Å²) in [6.45, 7) is 12.7. The van der Waals surface area contributed by atoms with E-state index >= 15 is 0 Å². The zero-order valence-electron chi connectivity index (χ0n) is 12.0. The van der Waals surface area contributed by atoms with Crippen LogP contribution in [0.1, 0.15) is 52.0 Å². The van der Waals surface area contributed by atoms with E-state index in [4.69, 9.17) is 0 Å². The standard InChI is InChI=1S/C16H21FS/c1-15(2,3)11-9-13-10(7-12(11)17)8-14(18-13)16(4,5)6/h7-9H,1-6H3. The molecule has 0 unspecified atom stereocenters. The van der Waals surface area contributed by atoms with Gasteiger partial charge in [-0.05, 0) is 40.0 Å². The third kappa shape index (κ3) is 2.44. The first-order valence-corrected chi connectivity index (χ1v) is 7.15. The molecule has 0 fully saturated rings. The molecule has 0 saturated carbocycles. The van der Waals surface area contributed by atoms with E-state index in [9.17, 15) is 4.39 Å². The number of hydrogen-bond donors (Lipinski definition) is 0. The largest absolute Gasteiger partial charge is 0.207 e. The van der Waals surface area contributed by atoms with Gasteiger partial charge in [0.2, 0.25) is 0 Å². The highest BCUT2D eigenvalue weighted by Crippen LogP contribution is 2.37. The van der Waals surface area contributed by atoms with Crippen LogP contribution < -0.4 is 0 Å². The van der Waals surface area contributed by atoms with Crippen LogP contribution in [0, 0.1) is 5.82 Å². The summed E-state index contributed by atoms with van der Waals surface area (Å²) >= 11 is 1.78. The molecule has 2 rings (SSSR count). The Morgan fingerprint density at radius 1 is 0.889 bits per heavy atom. The zero-order valence-corrected chi connectivity index (χ0v) is 12.8. The SMILES string of the molecule is CC(C)(C)c1cc2cc(F)c(C(C)(C)C)cc2s1. The van der Waals surface area contributed by atoms with Gasteiger partial charge in [-0.2, -0.15) is 0 Å². The summed E-state index contributed by atoms with van der Waals surface area (Å²) in [7, 11) is 0. The van der Waals surface area contributed by atoms with Crippen LogP contribution in [0.3, 0.4) is 0 Å². The second kappa shape index (κ2) is 4.06. The molecule has 1 aromatic carbocycles. The molecule has 0 aliphatic heterocycles. The van der Waals surface area contributed by atoms with Gasteiger partial charge < -0.3 is 0 Å². The molecule has 0 aliphatic carbocycles. The topological polar surface area (TPSA) is 0 Å². The molecule has 0 saturated heterocycles. The lowest BCUT2D eigenvalue weighted by Crippen LogP contribution is -2.13. The van der Waals surface area contributed by atoms with Gasteiger partial charge in [0.15, 0.2) is 0 Å². The minimum Gasteiger partial charge on any atom is -0.207 e. The molecule has 0 radical (unpaired) electrons. The van der Waals surface area contributed by atoms with Gasteiger partial charge in [-0.25, -0.2) is 4.39 Å². The molecule has 2 aromatic rings. The fourth-order valence-corrected chi connectivity index (χ4v) is 3.14. The van der Waals surface area contributed by atoms with Crippen molar-refractivity contribution in [2.45, 2.75) is 52.4 Å². The molecule has 0 aliphatic rings. The fraction of sp³-hybridized carbons (Fsp3) is 0.500. The van der Waals surface area contributed by atoms with Gasteiger partial charge >= 0.3 is 0 Å². The molecule has 2 heteroatoms. The van der Waals surface area contributed by atoms with E-state index < -0.39 is 0 Å². The Bertz CT molecular complexity index is 579. The Morgan fingerprint density at radius 3 is 2.00 bits per heavy atom. The average molecular weight is 264 g/mol. The zero-order chi connectivity index (χ0) is 13.7. The van der Waals surface area contributed by atoms with Crippen LogP contribution in [-0.4, -0.2) is 0 Å². The number of hydrogen-bond acceptors (Lipinski definition) is 1. The van der Waals surface area contributed by atoms with Crippen molar-refractivity contribution in [3.05, 3.63) is 34.5 Å². The van der Waals surface area contributed by atoms with Crippen molar-refractivity contribution in [2.24, 2.45) is 0 Å². The Balaban J connectivity index is 2.65. The second-order valence-electron chi connectivity index (χ2n) is 6.98. The molecule has 18 heavy (non-hydrogen) atoms. The number of benzene rings is 1. The Labute approximate surface area is 113 Å². The van der Waals surface area contributed by atoms with Gasteiger partial charge in [-0.3, -0.25) is 0 Å². The van der Waals surface area contributed by atoms with Gasteiger partial charge in [0, 0.05) is 9.58 Å². The average Bonchev–Trinajstić information content (AvgIpc) is 2.56. The van der Waals surface area contributed by atoms with Crippen molar-refractivity contribution in [3.63, 3.8) is 0 Å². The smallest absolute Gasteiger partial charge is 0.127 e. The van der Waals surface area contributed by atoms with Gasteiger partial charge in [0.25, 0.3) is 0 Å². The highest BCUT2D eigenvalue weighted by molar-refractivity contribution is 7.19. The molecule has 0 nitrogen and oxygen atoms in total. The molecule has 98 valence electrons. The van der Waals surface area contributed by atoms with Crippen LogP contribution in [0.5, 0.6) is 0 Å². The summed E-state index contributed by atoms with van der Waals surface area (Å²) < 4.78 is 15.3. The number of rotatable bonds is 0. The molecule has 0 bridgehead atoms. The Hall–Kier alpha value is -0.890. The van der Waals surface area contributed by atoms with Gasteiger partial charge in [-0.15, -0.1) is 11.3 Å². The second-order valence-corrected chi connectivity index (χ2v) is 8.06. The minimum absolute atomic E-state index is 0.0896. The first-order chi connectivity index (χ1) is 8.09. The summed E-state index contributed by atoms with van der Waals surface area (Å²) in [5.41, 5.74) is 0.781. The van der Waals surface area contributed by atoms with Gasteiger partial charge in [0.05, 0.1) is 0 Å². The van der Waals surface area contributed by atoms with E-state index in [0.717, 1.165) is 10.9 Å². The predicted molar refractivity (Wildman–Crippen MR) is 79.2 cm³/mol. The molecule has 0 spiro atoms. The summed E-state index contributed by atoms with van der Waals surface area (Å²) in [5, 5.41) is 1.02. The van der Waals surface area contributed by atoms with E-state index in [-0.39, 0.29) is 16.6 Å². The van der Waals surface area contributed by atoms with Crippen molar-refractivity contribution in [1.82, 2.24) is 0 Å². The molecule has 1 aromatic heterocycles. The highest BCUT2D eigenvalue weighted by atomic mass is 32.1. The maximum absolute atomic E-state index is 14.1. The lowest BCUT2D eigenvalue weighted by atomic mass is 9.86. The lowest BCUT2D eigenvalue weighted by molar-refractivity contribution is 0.525. The molecular weight excluding hydrogens is 243 g/mol. The predicted octanol–water partition coefficient (Wildman–Crippen LogP) is 5.64. The van der Waals surface area contributed by atoms with Crippen LogP contribution in [0.2, 0.25) is 0 Å². The number of fused-ring (bicyclic) bond motifs is 1. The highest BCUT2D eigenvalue weighted by Gasteiger charge is 2.22. The van der Waals surface area contributed by atoms with E-state index in [1.54, 1.807) is 17.4 Å². The number of thiophene rings is 1. The van der Waals surface area contributed by atoms with Crippen LogP contribution >= 0.6 is 11.3 Å². The van der Waals surface area contributed by atoms with E-state index in [2.05, 4.69) is 47.6 Å². The van der Waals surface area contributed by atoms with E-state index in [1.807, 2.05) is 6.07 Å².